The number of hydrogen-bond acceptors (Lipinski definition) is 6. The van der Waals surface area contributed by atoms with Crippen molar-refractivity contribution in [1.82, 2.24) is 10.2 Å². The van der Waals surface area contributed by atoms with Gasteiger partial charge in [0.2, 0.25) is 11.7 Å². The zero-order valence-corrected chi connectivity index (χ0v) is 14.0. The molecule has 0 unspecified atom stereocenters. The molecule has 0 bridgehead atoms. The van der Waals surface area contributed by atoms with E-state index in [4.69, 9.17) is 14.2 Å². The fourth-order valence-corrected chi connectivity index (χ4v) is 2.62. The molecule has 128 valence electrons. The summed E-state index contributed by atoms with van der Waals surface area (Å²) in [5.74, 6) is 1.48. The first kappa shape index (κ1) is 17.4. The number of anilines is 1. The predicted molar refractivity (Wildman–Crippen MR) is 88.7 cm³/mol. The third-order valence-electron chi connectivity index (χ3n) is 3.75. The number of carbonyl (C=O) groups is 1. The summed E-state index contributed by atoms with van der Waals surface area (Å²) < 4.78 is 15.9. The summed E-state index contributed by atoms with van der Waals surface area (Å²) in [6, 6.07) is 3.45. The van der Waals surface area contributed by atoms with Crippen LogP contribution in [0.4, 0.5) is 5.69 Å². The Hall–Kier alpha value is -1.99. The van der Waals surface area contributed by atoms with Crippen molar-refractivity contribution in [3.05, 3.63) is 12.1 Å². The minimum Gasteiger partial charge on any atom is -0.493 e. The van der Waals surface area contributed by atoms with E-state index >= 15 is 0 Å². The van der Waals surface area contributed by atoms with Gasteiger partial charge in [0.1, 0.15) is 0 Å². The van der Waals surface area contributed by atoms with Crippen molar-refractivity contribution < 1.29 is 19.0 Å². The van der Waals surface area contributed by atoms with Crippen LogP contribution in [0.3, 0.4) is 0 Å². The minimum absolute atomic E-state index is 0.0545. The van der Waals surface area contributed by atoms with Gasteiger partial charge in [-0.3, -0.25) is 9.69 Å². The molecule has 0 radical (unpaired) electrons. The van der Waals surface area contributed by atoms with Gasteiger partial charge in [0, 0.05) is 30.9 Å². The van der Waals surface area contributed by atoms with Gasteiger partial charge in [-0.05, 0) is 19.5 Å². The van der Waals surface area contributed by atoms with Crippen LogP contribution < -0.4 is 24.8 Å². The first-order chi connectivity index (χ1) is 11.2. The molecule has 1 aromatic carbocycles. The highest BCUT2D eigenvalue weighted by molar-refractivity contribution is 5.93. The monoisotopic (exact) mass is 323 g/mol. The molecule has 1 saturated heterocycles. The Morgan fingerprint density at radius 1 is 1.13 bits per heavy atom. The molecule has 1 fully saturated rings. The number of hydrogen-bond donors (Lipinski definition) is 2. The van der Waals surface area contributed by atoms with Crippen molar-refractivity contribution in [2.75, 3.05) is 59.4 Å². The van der Waals surface area contributed by atoms with Gasteiger partial charge in [0.25, 0.3) is 0 Å². The molecule has 1 aliphatic rings. The van der Waals surface area contributed by atoms with Crippen molar-refractivity contribution in [2.24, 2.45) is 0 Å². The van der Waals surface area contributed by atoms with E-state index in [1.165, 1.54) is 0 Å². The molecule has 1 amide bonds. The summed E-state index contributed by atoms with van der Waals surface area (Å²) in [4.78, 5) is 14.4. The summed E-state index contributed by atoms with van der Waals surface area (Å²) >= 11 is 0. The number of ether oxygens (including phenoxy) is 3. The van der Waals surface area contributed by atoms with Crippen LogP contribution >= 0.6 is 0 Å². The zero-order chi connectivity index (χ0) is 16.7. The molecule has 2 rings (SSSR count). The minimum atomic E-state index is -0.0545. The first-order valence-electron chi connectivity index (χ1n) is 7.71. The van der Waals surface area contributed by atoms with E-state index in [2.05, 4.69) is 15.5 Å². The van der Waals surface area contributed by atoms with E-state index in [-0.39, 0.29) is 5.91 Å². The van der Waals surface area contributed by atoms with E-state index in [9.17, 15) is 4.79 Å². The highest BCUT2D eigenvalue weighted by atomic mass is 16.5. The number of rotatable bonds is 6. The van der Waals surface area contributed by atoms with E-state index in [0.717, 1.165) is 32.6 Å². The largest absolute Gasteiger partial charge is 0.493 e. The maximum atomic E-state index is 12.3. The van der Waals surface area contributed by atoms with Crippen molar-refractivity contribution in [2.45, 2.75) is 6.42 Å². The Kier molecular flexibility index (Phi) is 6.49. The normalized spacial score (nSPS) is 15.6. The van der Waals surface area contributed by atoms with Crippen LogP contribution in [0.2, 0.25) is 0 Å². The average Bonchev–Trinajstić information content (AvgIpc) is 2.82. The summed E-state index contributed by atoms with van der Waals surface area (Å²) in [7, 11) is 4.65. The molecule has 2 N–H and O–H groups in total. The summed E-state index contributed by atoms with van der Waals surface area (Å²) in [5, 5.41) is 6.22. The van der Waals surface area contributed by atoms with Crippen LogP contribution in [-0.4, -0.2) is 64.9 Å². The van der Waals surface area contributed by atoms with Crippen molar-refractivity contribution in [1.29, 1.82) is 0 Å². The second-order valence-electron chi connectivity index (χ2n) is 5.34. The van der Waals surface area contributed by atoms with E-state index < -0.39 is 0 Å². The Morgan fingerprint density at radius 2 is 1.83 bits per heavy atom. The molecule has 1 heterocycles. The van der Waals surface area contributed by atoms with Crippen LogP contribution in [0, 0.1) is 0 Å². The Labute approximate surface area is 136 Å². The third-order valence-corrected chi connectivity index (χ3v) is 3.75. The molecule has 0 saturated carbocycles. The fourth-order valence-electron chi connectivity index (χ4n) is 2.62. The van der Waals surface area contributed by atoms with E-state index in [1.807, 2.05) is 0 Å². The number of amides is 1. The third kappa shape index (κ3) is 4.74. The van der Waals surface area contributed by atoms with Gasteiger partial charge in [-0.2, -0.15) is 0 Å². The van der Waals surface area contributed by atoms with Crippen molar-refractivity contribution in [3.8, 4) is 17.2 Å². The Morgan fingerprint density at radius 3 is 2.43 bits per heavy atom. The van der Waals surface area contributed by atoms with Gasteiger partial charge in [-0.25, -0.2) is 0 Å². The smallest absolute Gasteiger partial charge is 0.238 e. The molecule has 0 aromatic heterocycles. The topological polar surface area (TPSA) is 72.1 Å². The van der Waals surface area contributed by atoms with Gasteiger partial charge in [0.05, 0.1) is 27.9 Å². The molecule has 1 aromatic rings. The standard InChI is InChI=1S/C16H25N3O4/c1-21-13-9-12(10-14(22-2)16(13)23-3)18-15(20)11-19-7-4-5-17-6-8-19/h9-10,17H,4-8,11H2,1-3H3,(H,18,20). The Balaban J connectivity index is 2.05. The lowest BCUT2D eigenvalue weighted by atomic mass is 10.2. The van der Waals surface area contributed by atoms with Gasteiger partial charge in [0.15, 0.2) is 11.5 Å². The van der Waals surface area contributed by atoms with Crippen LogP contribution in [0.1, 0.15) is 6.42 Å². The molecule has 0 aliphatic carbocycles. The van der Waals surface area contributed by atoms with Crippen LogP contribution in [-0.2, 0) is 4.79 Å². The summed E-state index contributed by atoms with van der Waals surface area (Å²) in [6.07, 6.45) is 1.05. The Bertz CT molecular complexity index is 503. The first-order valence-corrected chi connectivity index (χ1v) is 7.71. The maximum absolute atomic E-state index is 12.3. The van der Waals surface area contributed by atoms with Gasteiger partial charge >= 0.3 is 0 Å². The summed E-state index contributed by atoms with van der Waals surface area (Å²) in [6.45, 7) is 4.10. The molecule has 0 spiro atoms. The second kappa shape index (κ2) is 8.59. The number of carbonyl (C=O) groups excluding carboxylic acids is 1. The van der Waals surface area contributed by atoms with Crippen molar-refractivity contribution in [3.63, 3.8) is 0 Å². The number of methoxy groups -OCH3 is 3. The van der Waals surface area contributed by atoms with Crippen LogP contribution in [0.15, 0.2) is 12.1 Å². The molecule has 7 nitrogen and oxygen atoms in total. The molecular formula is C16H25N3O4. The highest BCUT2D eigenvalue weighted by Gasteiger charge is 2.16. The quantitative estimate of drug-likeness (QED) is 0.812. The summed E-state index contributed by atoms with van der Waals surface area (Å²) in [5.41, 5.74) is 0.623. The number of nitrogens with zero attached hydrogens (tertiary/aromatic N) is 1. The molecule has 23 heavy (non-hydrogen) atoms. The predicted octanol–water partition coefficient (Wildman–Crippen LogP) is 0.946. The average molecular weight is 323 g/mol. The molecule has 7 heteroatoms. The lowest BCUT2D eigenvalue weighted by molar-refractivity contribution is -0.117. The van der Waals surface area contributed by atoms with Crippen molar-refractivity contribution >= 4 is 11.6 Å². The van der Waals surface area contributed by atoms with E-state index in [1.54, 1.807) is 33.5 Å². The second-order valence-corrected chi connectivity index (χ2v) is 5.34. The molecular weight excluding hydrogens is 298 g/mol. The lowest BCUT2D eigenvalue weighted by Crippen LogP contribution is -2.35. The van der Waals surface area contributed by atoms with Crippen LogP contribution in [0.5, 0.6) is 17.2 Å². The van der Waals surface area contributed by atoms with E-state index in [0.29, 0.717) is 29.5 Å². The fraction of sp³-hybridized carbons (Fsp3) is 0.562. The lowest BCUT2D eigenvalue weighted by Gasteiger charge is -2.19. The maximum Gasteiger partial charge on any atom is 0.238 e. The number of nitrogens with one attached hydrogen (secondary N) is 2. The van der Waals surface area contributed by atoms with Gasteiger partial charge in [-0.15, -0.1) is 0 Å². The zero-order valence-electron chi connectivity index (χ0n) is 14.0. The van der Waals surface area contributed by atoms with Gasteiger partial charge in [-0.1, -0.05) is 0 Å². The number of benzene rings is 1. The SMILES string of the molecule is COc1cc(NC(=O)CN2CCCNCC2)cc(OC)c1OC. The molecule has 0 atom stereocenters. The van der Waals surface area contributed by atoms with Crippen LogP contribution in [0.25, 0.3) is 0 Å². The molecule has 1 aliphatic heterocycles. The highest BCUT2D eigenvalue weighted by Crippen LogP contribution is 2.39. The van der Waals surface area contributed by atoms with Gasteiger partial charge < -0.3 is 24.8 Å².